The third-order valence-electron chi connectivity index (χ3n) is 4.45. The molecule has 0 bridgehead atoms. The second-order valence-corrected chi connectivity index (χ2v) is 8.16. The van der Waals surface area contributed by atoms with E-state index in [4.69, 9.17) is 4.74 Å². The lowest BCUT2D eigenvalue weighted by atomic mass is 10.1. The van der Waals surface area contributed by atoms with Crippen molar-refractivity contribution in [3.8, 4) is 11.5 Å². The summed E-state index contributed by atoms with van der Waals surface area (Å²) in [6, 6.07) is 7.97. The highest BCUT2D eigenvalue weighted by atomic mass is 32.1. The maximum Gasteiger partial charge on any atom is 0.419 e. The summed E-state index contributed by atoms with van der Waals surface area (Å²) in [4.78, 5) is 30.4. The minimum atomic E-state index is -4.64. The minimum absolute atomic E-state index is 0.0830. The molecule has 0 saturated carbocycles. The van der Waals surface area contributed by atoms with Gasteiger partial charge in [0.05, 0.1) is 21.8 Å². The van der Waals surface area contributed by atoms with E-state index < -0.39 is 35.4 Å². The fraction of sp³-hybridized carbons (Fsp3) is 0.227. The van der Waals surface area contributed by atoms with Gasteiger partial charge < -0.3 is 14.7 Å². The van der Waals surface area contributed by atoms with Crippen molar-refractivity contribution in [2.45, 2.75) is 33.0 Å². The summed E-state index contributed by atoms with van der Waals surface area (Å²) in [5.74, 6) is -2.41. The van der Waals surface area contributed by atoms with Crippen LogP contribution >= 0.6 is 11.3 Å². The highest BCUT2D eigenvalue weighted by Gasteiger charge is 2.34. The molecule has 0 saturated heterocycles. The maximum absolute atomic E-state index is 13.2. The maximum atomic E-state index is 13.2. The van der Waals surface area contributed by atoms with Crippen molar-refractivity contribution in [3.63, 3.8) is 0 Å². The van der Waals surface area contributed by atoms with Crippen LogP contribution in [0, 0.1) is 6.92 Å². The molecule has 3 rings (SSSR count). The van der Waals surface area contributed by atoms with E-state index in [9.17, 15) is 27.9 Å². The molecule has 0 unspecified atom stereocenters. The number of aromatic nitrogens is 1. The quantitative estimate of drug-likeness (QED) is 0.483. The lowest BCUT2D eigenvalue weighted by Crippen LogP contribution is -2.38. The minimum Gasteiger partial charge on any atom is -0.478 e. The molecular weight excluding hydrogens is 445 g/mol. The standard InChI is InChI=1S/C22H19F3N2O4S/c1-12(2)27(20(28)17-11-32-13(3)26-17)18-9-8-14(10-15(18)21(29)30)31-19-7-5-4-6-16(19)22(23,24)25/h4-12H,1-3H3,(H,29,30). The lowest BCUT2D eigenvalue weighted by Gasteiger charge is -2.28. The molecule has 0 spiro atoms. The number of hydrogen-bond donors (Lipinski definition) is 1. The first-order valence-electron chi connectivity index (χ1n) is 9.46. The zero-order valence-corrected chi connectivity index (χ0v) is 18.1. The number of carboxylic acids is 1. The predicted molar refractivity (Wildman–Crippen MR) is 114 cm³/mol. The Kier molecular flexibility index (Phi) is 6.54. The number of thiazole rings is 1. The van der Waals surface area contributed by atoms with E-state index in [1.54, 1.807) is 26.2 Å². The van der Waals surface area contributed by atoms with Crippen LogP contribution in [-0.4, -0.2) is 28.0 Å². The Balaban J connectivity index is 2.03. The van der Waals surface area contributed by atoms with Gasteiger partial charge in [0, 0.05) is 11.4 Å². The van der Waals surface area contributed by atoms with Crippen molar-refractivity contribution in [1.82, 2.24) is 4.98 Å². The number of carboxylic acid groups (broad SMARTS) is 1. The summed E-state index contributed by atoms with van der Waals surface area (Å²) in [5.41, 5.74) is -1.02. The van der Waals surface area contributed by atoms with Gasteiger partial charge in [-0.25, -0.2) is 9.78 Å². The number of anilines is 1. The Morgan fingerprint density at radius 1 is 1.16 bits per heavy atom. The number of amides is 1. The van der Waals surface area contributed by atoms with Crippen LogP contribution < -0.4 is 9.64 Å². The number of carbonyl (C=O) groups is 2. The molecule has 10 heteroatoms. The molecule has 0 atom stereocenters. The highest BCUT2D eigenvalue weighted by molar-refractivity contribution is 7.09. The molecule has 0 aliphatic carbocycles. The van der Waals surface area contributed by atoms with E-state index in [-0.39, 0.29) is 22.7 Å². The van der Waals surface area contributed by atoms with Crippen LogP contribution in [0.5, 0.6) is 11.5 Å². The van der Waals surface area contributed by atoms with E-state index >= 15 is 0 Å². The van der Waals surface area contributed by atoms with Gasteiger partial charge in [0.25, 0.3) is 5.91 Å². The monoisotopic (exact) mass is 464 g/mol. The average Bonchev–Trinajstić information content (AvgIpc) is 3.14. The number of carbonyl (C=O) groups excluding carboxylic acids is 1. The van der Waals surface area contributed by atoms with E-state index in [1.165, 1.54) is 40.5 Å². The van der Waals surface area contributed by atoms with Crippen LogP contribution in [0.2, 0.25) is 0 Å². The molecule has 0 aliphatic heterocycles. The van der Waals surface area contributed by atoms with E-state index in [0.717, 1.165) is 18.2 Å². The van der Waals surface area contributed by atoms with Crippen molar-refractivity contribution in [2.24, 2.45) is 0 Å². The highest BCUT2D eigenvalue weighted by Crippen LogP contribution is 2.39. The number of benzene rings is 2. The van der Waals surface area contributed by atoms with Crippen LogP contribution in [-0.2, 0) is 6.18 Å². The molecule has 6 nitrogen and oxygen atoms in total. The van der Waals surface area contributed by atoms with Gasteiger partial charge in [-0.1, -0.05) is 12.1 Å². The van der Waals surface area contributed by atoms with Gasteiger partial charge in [-0.3, -0.25) is 4.79 Å². The van der Waals surface area contributed by atoms with Gasteiger partial charge in [-0.15, -0.1) is 11.3 Å². The second kappa shape index (κ2) is 8.99. The summed E-state index contributed by atoms with van der Waals surface area (Å²) in [6.45, 7) is 5.17. The number of aromatic carboxylic acids is 1. The Morgan fingerprint density at radius 2 is 1.84 bits per heavy atom. The molecule has 3 aromatic rings. The summed E-state index contributed by atoms with van der Waals surface area (Å²) in [7, 11) is 0. The number of alkyl halides is 3. The zero-order chi connectivity index (χ0) is 23.6. The molecular formula is C22H19F3N2O4S. The summed E-state index contributed by atoms with van der Waals surface area (Å²) >= 11 is 1.29. The summed E-state index contributed by atoms with van der Waals surface area (Å²) < 4.78 is 45.1. The van der Waals surface area contributed by atoms with Crippen LogP contribution in [0.25, 0.3) is 0 Å². The zero-order valence-electron chi connectivity index (χ0n) is 17.3. The molecule has 2 aromatic carbocycles. The first kappa shape index (κ1) is 23.3. The first-order chi connectivity index (χ1) is 15.0. The van der Waals surface area contributed by atoms with E-state index in [2.05, 4.69) is 4.98 Å². The molecule has 1 N–H and O–H groups in total. The molecule has 1 amide bonds. The van der Waals surface area contributed by atoms with Crippen LogP contribution in [0.1, 0.15) is 45.3 Å². The Labute approximate surface area is 185 Å². The second-order valence-electron chi connectivity index (χ2n) is 7.10. The molecule has 1 heterocycles. The van der Waals surface area contributed by atoms with Crippen LogP contribution in [0.4, 0.5) is 18.9 Å². The van der Waals surface area contributed by atoms with Gasteiger partial charge in [0.1, 0.15) is 17.2 Å². The number of rotatable bonds is 6. The first-order valence-corrected chi connectivity index (χ1v) is 10.3. The number of hydrogen-bond acceptors (Lipinski definition) is 5. The lowest BCUT2D eigenvalue weighted by molar-refractivity contribution is -0.138. The van der Waals surface area contributed by atoms with Gasteiger partial charge in [0.15, 0.2) is 0 Å². The number of ether oxygens (including phenoxy) is 1. The fourth-order valence-corrected chi connectivity index (χ4v) is 3.67. The van der Waals surface area contributed by atoms with E-state index in [1.807, 2.05) is 0 Å². The summed E-state index contributed by atoms with van der Waals surface area (Å²) in [6.07, 6.45) is -4.64. The molecule has 168 valence electrons. The van der Waals surface area contributed by atoms with Gasteiger partial charge in [-0.2, -0.15) is 13.2 Å². The molecule has 32 heavy (non-hydrogen) atoms. The smallest absolute Gasteiger partial charge is 0.419 e. The fourth-order valence-electron chi connectivity index (χ4n) is 3.08. The third kappa shape index (κ3) is 4.91. The van der Waals surface area contributed by atoms with Gasteiger partial charge in [-0.05, 0) is 51.1 Å². The predicted octanol–water partition coefficient (Wildman–Crippen LogP) is 6.02. The Hall–Kier alpha value is -3.40. The number of para-hydroxylation sites is 1. The molecule has 0 fully saturated rings. The van der Waals surface area contributed by atoms with Crippen molar-refractivity contribution in [1.29, 1.82) is 0 Å². The number of aryl methyl sites for hydroxylation is 1. The third-order valence-corrected chi connectivity index (χ3v) is 5.23. The van der Waals surface area contributed by atoms with E-state index in [0.29, 0.717) is 5.01 Å². The molecule has 0 aliphatic rings. The van der Waals surface area contributed by atoms with Crippen molar-refractivity contribution >= 4 is 28.9 Å². The van der Waals surface area contributed by atoms with Crippen molar-refractivity contribution < 1.29 is 32.6 Å². The molecule has 1 aromatic heterocycles. The molecule has 0 radical (unpaired) electrons. The Bertz CT molecular complexity index is 1160. The number of halogens is 3. The average molecular weight is 464 g/mol. The van der Waals surface area contributed by atoms with Crippen LogP contribution in [0.3, 0.4) is 0 Å². The van der Waals surface area contributed by atoms with Crippen LogP contribution in [0.15, 0.2) is 47.8 Å². The van der Waals surface area contributed by atoms with Gasteiger partial charge in [0.2, 0.25) is 0 Å². The normalized spacial score (nSPS) is 11.5. The Morgan fingerprint density at radius 3 is 2.41 bits per heavy atom. The van der Waals surface area contributed by atoms with Gasteiger partial charge >= 0.3 is 12.1 Å². The summed E-state index contributed by atoms with van der Waals surface area (Å²) in [5, 5.41) is 12.0. The van der Waals surface area contributed by atoms with Crippen molar-refractivity contribution in [2.75, 3.05) is 4.90 Å². The topological polar surface area (TPSA) is 79.7 Å². The number of nitrogens with zero attached hydrogens (tertiary/aromatic N) is 2. The largest absolute Gasteiger partial charge is 0.478 e. The van der Waals surface area contributed by atoms with Crippen molar-refractivity contribution in [3.05, 3.63) is 69.7 Å². The SMILES string of the molecule is Cc1nc(C(=O)N(c2ccc(Oc3ccccc3C(F)(F)F)cc2C(=O)O)C(C)C)cs1.